The molecule has 6 heteroatoms. The summed E-state index contributed by atoms with van der Waals surface area (Å²) in [6.45, 7) is 1.99. The van der Waals surface area contributed by atoms with Crippen LogP contribution in [0.4, 0.5) is 0 Å². The Hall–Kier alpha value is -1.26. The van der Waals surface area contributed by atoms with Gasteiger partial charge in [-0.25, -0.2) is 0 Å². The van der Waals surface area contributed by atoms with E-state index in [2.05, 4.69) is 12.2 Å². The van der Waals surface area contributed by atoms with E-state index in [1.165, 1.54) is 0 Å². The lowest BCUT2D eigenvalue weighted by Crippen LogP contribution is -2.45. The summed E-state index contributed by atoms with van der Waals surface area (Å²) in [7, 11) is 0. The molecular weight excluding hydrogens is 429 g/mol. The SMILES string of the molecule is CC[C@]12CC[C@H](c3ccc(Cl)cc3Cl)[C@@H](c3ccc(Cl)cc3)[C@H]1[C@H](CO)NC2=O. The van der Waals surface area contributed by atoms with E-state index in [9.17, 15) is 9.90 Å². The van der Waals surface area contributed by atoms with E-state index in [1.807, 2.05) is 36.4 Å². The molecule has 2 aromatic rings. The van der Waals surface area contributed by atoms with E-state index >= 15 is 0 Å². The third-order valence-corrected chi connectivity index (χ3v) is 7.82. The molecule has 0 aromatic heterocycles. The highest BCUT2D eigenvalue weighted by molar-refractivity contribution is 6.35. The van der Waals surface area contributed by atoms with Gasteiger partial charge in [-0.2, -0.15) is 0 Å². The van der Waals surface area contributed by atoms with Crippen LogP contribution >= 0.6 is 34.8 Å². The summed E-state index contributed by atoms with van der Waals surface area (Å²) >= 11 is 18.9. The molecule has 1 aliphatic heterocycles. The summed E-state index contributed by atoms with van der Waals surface area (Å²) in [5, 5.41) is 15.1. The van der Waals surface area contributed by atoms with Crippen molar-refractivity contribution in [3.8, 4) is 0 Å². The minimum absolute atomic E-state index is 0.0238. The zero-order valence-electron chi connectivity index (χ0n) is 16.2. The molecule has 1 amide bonds. The van der Waals surface area contributed by atoms with Crippen LogP contribution in [0.1, 0.15) is 49.1 Å². The Labute approximate surface area is 186 Å². The van der Waals surface area contributed by atoms with Crippen molar-refractivity contribution < 1.29 is 9.90 Å². The van der Waals surface area contributed by atoms with Crippen molar-refractivity contribution in [2.45, 2.75) is 44.1 Å². The Kier molecular flexibility index (Phi) is 5.87. The van der Waals surface area contributed by atoms with Crippen molar-refractivity contribution in [1.82, 2.24) is 5.32 Å². The van der Waals surface area contributed by atoms with Crippen LogP contribution in [0, 0.1) is 11.3 Å². The third kappa shape index (κ3) is 3.46. The van der Waals surface area contributed by atoms with Crippen molar-refractivity contribution >= 4 is 40.7 Å². The molecule has 3 nitrogen and oxygen atoms in total. The summed E-state index contributed by atoms with van der Waals surface area (Å²) in [6, 6.07) is 13.2. The number of carbonyl (C=O) groups excluding carboxylic acids is 1. The molecule has 1 saturated heterocycles. The predicted octanol–water partition coefficient (Wildman–Crippen LogP) is 5.81. The fourth-order valence-corrected chi connectivity index (χ4v) is 6.34. The van der Waals surface area contributed by atoms with Crippen LogP contribution in [0.15, 0.2) is 42.5 Å². The molecule has 2 N–H and O–H groups in total. The van der Waals surface area contributed by atoms with Crippen LogP contribution < -0.4 is 5.32 Å². The van der Waals surface area contributed by atoms with Crippen LogP contribution in [-0.2, 0) is 4.79 Å². The van der Waals surface area contributed by atoms with Crippen LogP contribution in [-0.4, -0.2) is 23.7 Å². The maximum absolute atomic E-state index is 13.0. The van der Waals surface area contributed by atoms with Crippen molar-refractivity contribution in [3.63, 3.8) is 0 Å². The number of carbonyl (C=O) groups is 1. The average molecular weight is 453 g/mol. The normalized spacial score (nSPS) is 31.4. The molecule has 0 radical (unpaired) electrons. The summed E-state index contributed by atoms with van der Waals surface area (Å²) in [5.41, 5.74) is 1.67. The maximum Gasteiger partial charge on any atom is 0.226 e. The Morgan fingerprint density at radius 2 is 1.79 bits per heavy atom. The number of amides is 1. The first-order valence-corrected chi connectivity index (χ1v) is 11.2. The number of aliphatic hydroxyl groups excluding tert-OH is 1. The van der Waals surface area contributed by atoms with E-state index in [1.54, 1.807) is 6.07 Å². The number of rotatable bonds is 4. The van der Waals surface area contributed by atoms with E-state index in [4.69, 9.17) is 34.8 Å². The summed E-state index contributed by atoms with van der Waals surface area (Å²) in [5.74, 6) is 0.170. The molecular formula is C23H24Cl3NO2. The van der Waals surface area contributed by atoms with Gasteiger partial charge in [0.1, 0.15) is 0 Å². The van der Waals surface area contributed by atoms with Crippen LogP contribution in [0.3, 0.4) is 0 Å². The quantitative estimate of drug-likeness (QED) is 0.615. The van der Waals surface area contributed by atoms with Crippen molar-refractivity contribution in [1.29, 1.82) is 0 Å². The summed E-state index contributed by atoms with van der Waals surface area (Å²) < 4.78 is 0. The maximum atomic E-state index is 13.0. The number of nitrogens with one attached hydrogen (secondary N) is 1. The van der Waals surface area contributed by atoms with E-state index in [0.717, 1.165) is 30.4 Å². The lowest BCUT2D eigenvalue weighted by molar-refractivity contribution is -0.131. The zero-order chi connectivity index (χ0) is 20.8. The third-order valence-electron chi connectivity index (χ3n) is 7.01. The van der Waals surface area contributed by atoms with Crippen molar-refractivity contribution in [3.05, 3.63) is 68.7 Å². The van der Waals surface area contributed by atoms with Crippen LogP contribution in [0.5, 0.6) is 0 Å². The standard InChI is InChI=1S/C23H24Cl3NO2/c1-2-23-10-9-17(16-8-7-15(25)11-18(16)26)20(13-3-5-14(24)6-4-13)21(23)19(12-28)27-22(23)29/h3-8,11,17,19-21,28H,2,9-10,12H2,1H3,(H,27,29)/t17-,19+,20-,21-,23+/m1/s1. The van der Waals surface area contributed by atoms with Gasteiger partial charge in [0, 0.05) is 21.0 Å². The fourth-order valence-electron chi connectivity index (χ4n) is 5.66. The Balaban J connectivity index is 1.88. The molecule has 1 saturated carbocycles. The predicted molar refractivity (Wildman–Crippen MR) is 118 cm³/mol. The monoisotopic (exact) mass is 451 g/mol. The number of fused-ring (bicyclic) bond motifs is 1. The minimum Gasteiger partial charge on any atom is -0.394 e. The first-order valence-electron chi connectivity index (χ1n) is 10.0. The number of halogens is 3. The van der Waals surface area contributed by atoms with Gasteiger partial charge in [0.15, 0.2) is 0 Å². The molecule has 0 unspecified atom stereocenters. The topological polar surface area (TPSA) is 49.3 Å². The van der Waals surface area contributed by atoms with E-state index < -0.39 is 5.41 Å². The number of benzene rings is 2. The average Bonchev–Trinajstić information content (AvgIpc) is 3.00. The first kappa shape index (κ1) is 21.0. The second-order valence-electron chi connectivity index (χ2n) is 8.19. The highest BCUT2D eigenvalue weighted by atomic mass is 35.5. The Morgan fingerprint density at radius 3 is 2.41 bits per heavy atom. The van der Waals surface area contributed by atoms with Crippen LogP contribution in [0.25, 0.3) is 0 Å². The molecule has 2 aliphatic rings. The smallest absolute Gasteiger partial charge is 0.226 e. The summed E-state index contributed by atoms with van der Waals surface area (Å²) in [6.07, 6.45) is 2.35. The molecule has 4 rings (SSSR count). The van der Waals surface area contributed by atoms with Gasteiger partial charge in [-0.05, 0) is 66.5 Å². The highest BCUT2D eigenvalue weighted by Crippen LogP contribution is 2.60. The largest absolute Gasteiger partial charge is 0.394 e. The lowest BCUT2D eigenvalue weighted by Gasteiger charge is -2.47. The van der Waals surface area contributed by atoms with Gasteiger partial charge in [0.25, 0.3) is 0 Å². The van der Waals surface area contributed by atoms with Gasteiger partial charge in [0.05, 0.1) is 18.1 Å². The van der Waals surface area contributed by atoms with Crippen LogP contribution in [0.2, 0.25) is 15.1 Å². The van der Waals surface area contributed by atoms with Gasteiger partial charge in [-0.3, -0.25) is 4.79 Å². The van der Waals surface area contributed by atoms with Gasteiger partial charge in [-0.1, -0.05) is 59.9 Å². The van der Waals surface area contributed by atoms with Crippen molar-refractivity contribution in [2.75, 3.05) is 6.61 Å². The molecule has 2 fully saturated rings. The summed E-state index contributed by atoms with van der Waals surface area (Å²) in [4.78, 5) is 13.0. The van der Waals surface area contributed by atoms with Gasteiger partial charge in [0.2, 0.25) is 5.91 Å². The second-order valence-corrected chi connectivity index (χ2v) is 9.47. The molecule has 29 heavy (non-hydrogen) atoms. The lowest BCUT2D eigenvalue weighted by atomic mass is 9.54. The number of hydrogen-bond donors (Lipinski definition) is 2. The molecule has 5 atom stereocenters. The molecule has 2 aromatic carbocycles. The van der Waals surface area contributed by atoms with Gasteiger partial charge >= 0.3 is 0 Å². The first-order chi connectivity index (χ1) is 13.9. The molecule has 0 bridgehead atoms. The number of hydrogen-bond acceptors (Lipinski definition) is 2. The van der Waals surface area contributed by atoms with Gasteiger partial charge in [-0.15, -0.1) is 0 Å². The fraction of sp³-hybridized carbons (Fsp3) is 0.435. The molecule has 154 valence electrons. The molecule has 0 spiro atoms. The Morgan fingerprint density at radius 1 is 1.10 bits per heavy atom. The second kappa shape index (κ2) is 8.11. The van der Waals surface area contributed by atoms with Gasteiger partial charge < -0.3 is 10.4 Å². The van der Waals surface area contributed by atoms with Crippen molar-refractivity contribution in [2.24, 2.45) is 11.3 Å². The van der Waals surface area contributed by atoms with E-state index in [-0.39, 0.29) is 36.3 Å². The molecule has 1 aliphatic carbocycles. The Bertz CT molecular complexity index is 917. The zero-order valence-corrected chi connectivity index (χ0v) is 18.4. The number of aliphatic hydroxyl groups is 1. The molecule has 1 heterocycles. The highest BCUT2D eigenvalue weighted by Gasteiger charge is 2.60. The minimum atomic E-state index is -0.479. The van der Waals surface area contributed by atoms with E-state index in [0.29, 0.717) is 15.1 Å².